The van der Waals surface area contributed by atoms with Gasteiger partial charge in [-0.05, 0) is 80.3 Å². The molecule has 2 saturated heterocycles. The predicted octanol–water partition coefficient (Wildman–Crippen LogP) is 6.40. The Bertz CT molecular complexity index is 1060. The van der Waals surface area contributed by atoms with E-state index in [1.54, 1.807) is 0 Å². The second-order valence-electron chi connectivity index (χ2n) is 11.6. The molecule has 1 atom stereocenters. The summed E-state index contributed by atoms with van der Waals surface area (Å²) in [5, 5.41) is 8.23. The van der Waals surface area contributed by atoms with E-state index in [9.17, 15) is 0 Å². The van der Waals surface area contributed by atoms with Gasteiger partial charge in [-0.25, -0.2) is 0 Å². The third kappa shape index (κ3) is 6.48. The first kappa shape index (κ1) is 26.5. The molecule has 3 heterocycles. The number of halogens is 1. The van der Waals surface area contributed by atoms with Crippen LogP contribution in [-0.2, 0) is 5.41 Å². The molecule has 5 rings (SSSR count). The van der Waals surface area contributed by atoms with Crippen molar-refractivity contribution in [1.82, 2.24) is 15.3 Å². The van der Waals surface area contributed by atoms with E-state index in [2.05, 4.69) is 52.5 Å². The van der Waals surface area contributed by atoms with E-state index in [1.165, 1.54) is 44.1 Å². The van der Waals surface area contributed by atoms with Crippen molar-refractivity contribution in [2.45, 2.75) is 70.6 Å². The van der Waals surface area contributed by atoms with Crippen molar-refractivity contribution in [3.8, 4) is 0 Å². The fourth-order valence-corrected chi connectivity index (χ4v) is 6.54. The first-order chi connectivity index (χ1) is 17.9. The number of thiocarbonyl (C=S) groups is 1. The Labute approximate surface area is 232 Å². The number of benzene rings is 1. The second kappa shape index (κ2) is 11.7. The van der Waals surface area contributed by atoms with Gasteiger partial charge in [-0.1, -0.05) is 50.4 Å². The fourth-order valence-electron chi connectivity index (χ4n) is 6.26. The van der Waals surface area contributed by atoms with E-state index in [-0.39, 0.29) is 5.41 Å². The molecule has 8 heteroatoms. The summed E-state index contributed by atoms with van der Waals surface area (Å²) in [5.74, 6) is 4.06. The van der Waals surface area contributed by atoms with Gasteiger partial charge in [-0.2, -0.15) is 9.97 Å². The molecule has 0 unspecified atom stereocenters. The summed E-state index contributed by atoms with van der Waals surface area (Å²) >= 11 is 11.9. The molecule has 3 fully saturated rings. The average Bonchev–Trinajstić information content (AvgIpc) is 3.38. The van der Waals surface area contributed by atoms with Crippen molar-refractivity contribution >= 4 is 46.5 Å². The Morgan fingerprint density at radius 1 is 0.946 bits per heavy atom. The van der Waals surface area contributed by atoms with E-state index < -0.39 is 0 Å². The highest BCUT2D eigenvalue weighted by Gasteiger charge is 2.35. The minimum atomic E-state index is 0.0820. The van der Waals surface area contributed by atoms with Crippen LogP contribution in [0.15, 0.2) is 30.3 Å². The number of rotatable bonds is 6. The van der Waals surface area contributed by atoms with E-state index in [4.69, 9.17) is 33.8 Å². The Kier molecular flexibility index (Phi) is 8.40. The van der Waals surface area contributed by atoms with Crippen molar-refractivity contribution in [2.75, 3.05) is 47.8 Å². The number of piperidine rings is 2. The lowest BCUT2D eigenvalue weighted by molar-refractivity contribution is 0.434. The molecule has 1 aliphatic carbocycles. The Balaban J connectivity index is 1.31. The lowest BCUT2D eigenvalue weighted by Crippen LogP contribution is -2.41. The molecule has 0 radical (unpaired) electrons. The van der Waals surface area contributed by atoms with Crippen molar-refractivity contribution in [2.24, 2.45) is 11.8 Å². The highest BCUT2D eigenvalue weighted by atomic mass is 35.5. The molecule has 2 aromatic rings. The van der Waals surface area contributed by atoms with Crippen LogP contribution in [0.4, 0.5) is 17.6 Å². The summed E-state index contributed by atoms with van der Waals surface area (Å²) < 4.78 is 0. The number of hydrogen-bond donors (Lipinski definition) is 2. The van der Waals surface area contributed by atoms with Crippen LogP contribution in [0.3, 0.4) is 0 Å². The number of anilines is 3. The third-order valence-corrected chi connectivity index (χ3v) is 9.12. The van der Waals surface area contributed by atoms with Crippen LogP contribution >= 0.6 is 23.8 Å². The van der Waals surface area contributed by atoms with Crippen molar-refractivity contribution in [1.29, 1.82) is 0 Å². The summed E-state index contributed by atoms with van der Waals surface area (Å²) in [6.07, 6.45) is 9.68. The zero-order valence-corrected chi connectivity index (χ0v) is 23.9. The molecule has 37 heavy (non-hydrogen) atoms. The highest BCUT2D eigenvalue weighted by Crippen LogP contribution is 2.41. The van der Waals surface area contributed by atoms with Crippen LogP contribution in [0.25, 0.3) is 0 Å². The molecule has 1 aromatic heterocycles. The number of hydrogen-bond acceptors (Lipinski definition) is 5. The van der Waals surface area contributed by atoms with Gasteiger partial charge in [0.1, 0.15) is 11.6 Å². The standard InChI is InChI=1S/C29H41ClN6S/c1-21-11-16-35(17-12-21)25-18-26(36-15-5-6-22(2)19-36)33-27(32-25)34-28(37)31-20-29(13-3-4-14-29)23-7-9-24(30)10-8-23/h7-10,18,21-22H,3-6,11-17,19-20H2,1-2H3,(H2,31,32,33,34,37)/t22-/m1/s1. The summed E-state index contributed by atoms with van der Waals surface area (Å²) in [4.78, 5) is 14.7. The lowest BCUT2D eigenvalue weighted by atomic mass is 9.79. The molecule has 2 N–H and O–H groups in total. The van der Waals surface area contributed by atoms with Gasteiger partial charge in [0, 0.05) is 49.2 Å². The van der Waals surface area contributed by atoms with Gasteiger partial charge in [0.25, 0.3) is 0 Å². The normalized spacial score (nSPS) is 22.2. The second-order valence-corrected chi connectivity index (χ2v) is 12.4. The van der Waals surface area contributed by atoms with Gasteiger partial charge in [0.05, 0.1) is 0 Å². The van der Waals surface area contributed by atoms with Gasteiger partial charge in [0.2, 0.25) is 5.95 Å². The fraction of sp³-hybridized carbons (Fsp3) is 0.621. The molecule has 0 amide bonds. The Morgan fingerprint density at radius 2 is 1.62 bits per heavy atom. The van der Waals surface area contributed by atoms with E-state index in [1.807, 2.05) is 12.1 Å². The average molecular weight is 541 g/mol. The molecular formula is C29H41ClN6S. The van der Waals surface area contributed by atoms with Gasteiger partial charge < -0.3 is 20.4 Å². The molecule has 200 valence electrons. The topological polar surface area (TPSA) is 56.3 Å². The van der Waals surface area contributed by atoms with Gasteiger partial charge in [-0.15, -0.1) is 0 Å². The SMILES string of the molecule is CC1CCN(c2cc(N3CCC[C@@H](C)C3)nc(NC(=S)NCC3(c4ccc(Cl)cc4)CCCC3)n2)CC1. The number of nitrogens with one attached hydrogen (secondary N) is 2. The van der Waals surface area contributed by atoms with Gasteiger partial charge >= 0.3 is 0 Å². The minimum absolute atomic E-state index is 0.0820. The molecule has 1 saturated carbocycles. The monoisotopic (exact) mass is 540 g/mol. The van der Waals surface area contributed by atoms with Crippen molar-refractivity contribution in [3.05, 3.63) is 40.9 Å². The molecule has 0 bridgehead atoms. The maximum atomic E-state index is 6.17. The molecule has 0 spiro atoms. The smallest absolute Gasteiger partial charge is 0.232 e. The summed E-state index contributed by atoms with van der Waals surface area (Å²) in [7, 11) is 0. The van der Waals surface area contributed by atoms with Crippen LogP contribution in [-0.4, -0.2) is 47.8 Å². The minimum Gasteiger partial charge on any atom is -0.361 e. The summed E-state index contributed by atoms with van der Waals surface area (Å²) in [6.45, 7) is 9.64. The molecule has 6 nitrogen and oxygen atoms in total. The van der Waals surface area contributed by atoms with E-state index >= 15 is 0 Å². The maximum Gasteiger partial charge on any atom is 0.232 e. The summed E-state index contributed by atoms with van der Waals surface area (Å²) in [5.41, 5.74) is 1.42. The predicted molar refractivity (Wildman–Crippen MR) is 159 cm³/mol. The molecule has 1 aromatic carbocycles. The van der Waals surface area contributed by atoms with Crippen LogP contribution in [0.2, 0.25) is 5.02 Å². The van der Waals surface area contributed by atoms with Crippen molar-refractivity contribution < 1.29 is 0 Å². The largest absolute Gasteiger partial charge is 0.361 e. The van der Waals surface area contributed by atoms with Crippen LogP contribution in [0.5, 0.6) is 0 Å². The highest BCUT2D eigenvalue weighted by molar-refractivity contribution is 7.80. The quantitative estimate of drug-likeness (QED) is 0.411. The Hall–Kier alpha value is -2.12. The van der Waals surface area contributed by atoms with E-state index in [0.29, 0.717) is 17.0 Å². The van der Waals surface area contributed by atoms with Gasteiger partial charge in [-0.3, -0.25) is 0 Å². The first-order valence-electron chi connectivity index (χ1n) is 14.1. The zero-order valence-electron chi connectivity index (χ0n) is 22.3. The Morgan fingerprint density at radius 3 is 2.30 bits per heavy atom. The molecule has 2 aliphatic heterocycles. The lowest BCUT2D eigenvalue weighted by Gasteiger charge is -2.34. The van der Waals surface area contributed by atoms with E-state index in [0.717, 1.165) is 68.1 Å². The first-order valence-corrected chi connectivity index (χ1v) is 14.9. The van der Waals surface area contributed by atoms with Crippen molar-refractivity contribution in [3.63, 3.8) is 0 Å². The van der Waals surface area contributed by atoms with Gasteiger partial charge in [0.15, 0.2) is 5.11 Å². The van der Waals surface area contributed by atoms with Crippen LogP contribution < -0.4 is 20.4 Å². The van der Waals surface area contributed by atoms with Crippen LogP contribution in [0, 0.1) is 11.8 Å². The van der Waals surface area contributed by atoms with Crippen LogP contribution in [0.1, 0.15) is 70.8 Å². The number of nitrogens with zero attached hydrogens (tertiary/aromatic N) is 4. The third-order valence-electron chi connectivity index (χ3n) is 8.62. The zero-order chi connectivity index (χ0) is 25.8. The molecular weight excluding hydrogens is 500 g/mol. The maximum absolute atomic E-state index is 6.17. The number of aromatic nitrogens is 2. The molecule has 3 aliphatic rings. The summed E-state index contributed by atoms with van der Waals surface area (Å²) in [6, 6.07) is 10.5.